The topological polar surface area (TPSA) is 54.9 Å². The van der Waals surface area contributed by atoms with Gasteiger partial charge in [0.05, 0.1) is 20.2 Å². The highest BCUT2D eigenvalue weighted by atomic mass is 16.5. The van der Waals surface area contributed by atoms with Crippen LogP contribution in [0.3, 0.4) is 0 Å². The van der Waals surface area contributed by atoms with E-state index in [0.717, 1.165) is 36.0 Å². The molecule has 0 saturated carbocycles. The molecule has 0 amide bonds. The second kappa shape index (κ2) is 8.42. The second-order valence-electron chi connectivity index (χ2n) is 5.94. The zero-order chi connectivity index (χ0) is 17.5. The first-order chi connectivity index (χ1) is 12.3. The summed E-state index contributed by atoms with van der Waals surface area (Å²) in [6.45, 7) is 4.14. The summed E-state index contributed by atoms with van der Waals surface area (Å²) in [6.07, 6.45) is 1.06. The van der Waals surface area contributed by atoms with Gasteiger partial charge in [0.15, 0.2) is 5.96 Å². The Hall–Kier alpha value is -2.69. The summed E-state index contributed by atoms with van der Waals surface area (Å²) in [5.74, 6) is 2.63. The normalized spacial score (nSPS) is 16.1. The van der Waals surface area contributed by atoms with Gasteiger partial charge in [-0.25, -0.2) is 4.99 Å². The summed E-state index contributed by atoms with van der Waals surface area (Å²) < 4.78 is 11.4. The van der Waals surface area contributed by atoms with Gasteiger partial charge >= 0.3 is 0 Å². The lowest BCUT2D eigenvalue weighted by Crippen LogP contribution is -2.42. The van der Waals surface area contributed by atoms with Crippen LogP contribution in [0.25, 0.3) is 0 Å². The van der Waals surface area contributed by atoms with Crippen molar-refractivity contribution in [3.05, 3.63) is 59.7 Å². The van der Waals surface area contributed by atoms with Gasteiger partial charge in [-0.2, -0.15) is 0 Å². The predicted octanol–water partition coefficient (Wildman–Crippen LogP) is 2.75. The van der Waals surface area contributed by atoms with Crippen molar-refractivity contribution in [2.45, 2.75) is 26.0 Å². The van der Waals surface area contributed by atoms with Gasteiger partial charge in [-0.15, -0.1) is 0 Å². The first kappa shape index (κ1) is 17.1. The molecule has 5 nitrogen and oxygen atoms in total. The molecule has 0 fully saturated rings. The summed E-state index contributed by atoms with van der Waals surface area (Å²) in [5, 5.41) is 6.66. The molecule has 1 unspecified atom stereocenters. The number of guanidine groups is 1. The number of nitrogens with zero attached hydrogens (tertiary/aromatic N) is 1. The van der Waals surface area contributed by atoms with Gasteiger partial charge < -0.3 is 20.1 Å². The summed E-state index contributed by atoms with van der Waals surface area (Å²) in [7, 11) is 1.68. The first-order valence-electron chi connectivity index (χ1n) is 8.68. The number of ether oxygens (including phenoxy) is 2. The fraction of sp³-hybridized carbons (Fsp3) is 0.350. The molecule has 0 radical (unpaired) electrons. The van der Waals surface area contributed by atoms with Crippen molar-refractivity contribution >= 4 is 5.96 Å². The molecule has 2 aromatic rings. The van der Waals surface area contributed by atoms with E-state index in [1.807, 2.05) is 36.4 Å². The molecule has 132 valence electrons. The van der Waals surface area contributed by atoms with Gasteiger partial charge in [-0.3, -0.25) is 0 Å². The molecule has 0 spiro atoms. The van der Waals surface area contributed by atoms with Crippen molar-refractivity contribution in [3.8, 4) is 11.5 Å². The Labute approximate surface area is 149 Å². The molecule has 0 aromatic heterocycles. The monoisotopic (exact) mass is 339 g/mol. The van der Waals surface area contributed by atoms with Gasteiger partial charge in [-0.1, -0.05) is 36.4 Å². The molecule has 5 heteroatoms. The van der Waals surface area contributed by atoms with Crippen LogP contribution in [-0.2, 0) is 13.0 Å². The number of para-hydroxylation sites is 2. The minimum Gasteiger partial charge on any atom is -0.496 e. The number of methoxy groups -OCH3 is 1. The summed E-state index contributed by atoms with van der Waals surface area (Å²) >= 11 is 0. The van der Waals surface area contributed by atoms with Crippen molar-refractivity contribution in [2.24, 2.45) is 4.99 Å². The van der Waals surface area contributed by atoms with Crippen LogP contribution < -0.4 is 20.1 Å². The fourth-order valence-corrected chi connectivity index (χ4v) is 2.92. The van der Waals surface area contributed by atoms with E-state index in [4.69, 9.17) is 9.47 Å². The smallest absolute Gasteiger partial charge is 0.191 e. The average molecular weight is 339 g/mol. The largest absolute Gasteiger partial charge is 0.496 e. The lowest BCUT2D eigenvalue weighted by atomic mass is 10.1. The first-order valence-corrected chi connectivity index (χ1v) is 8.68. The highest BCUT2D eigenvalue weighted by molar-refractivity contribution is 5.79. The number of fused-ring (bicyclic) bond motifs is 1. The molecule has 3 rings (SSSR count). The molecule has 0 saturated heterocycles. The molecule has 2 aromatic carbocycles. The third-order valence-corrected chi connectivity index (χ3v) is 4.16. The molecule has 1 heterocycles. The average Bonchev–Trinajstić information content (AvgIpc) is 3.07. The van der Waals surface area contributed by atoms with E-state index in [0.29, 0.717) is 13.1 Å². The van der Waals surface area contributed by atoms with Crippen molar-refractivity contribution in [3.63, 3.8) is 0 Å². The molecule has 25 heavy (non-hydrogen) atoms. The Bertz CT molecular complexity index is 705. The van der Waals surface area contributed by atoms with Crippen LogP contribution in [0.1, 0.15) is 18.1 Å². The number of aliphatic imine (C=N–C) groups is 1. The predicted molar refractivity (Wildman–Crippen MR) is 100 cm³/mol. The van der Waals surface area contributed by atoms with E-state index < -0.39 is 0 Å². The number of hydrogen-bond acceptors (Lipinski definition) is 3. The van der Waals surface area contributed by atoms with Gasteiger partial charge in [0, 0.05) is 18.5 Å². The van der Waals surface area contributed by atoms with E-state index in [-0.39, 0.29) is 6.10 Å². The Morgan fingerprint density at radius 1 is 1.16 bits per heavy atom. The van der Waals surface area contributed by atoms with Crippen LogP contribution in [0.4, 0.5) is 0 Å². The number of benzene rings is 2. The zero-order valence-electron chi connectivity index (χ0n) is 14.8. The van der Waals surface area contributed by atoms with Crippen LogP contribution in [0.5, 0.6) is 11.5 Å². The second-order valence-corrected chi connectivity index (χ2v) is 5.94. The van der Waals surface area contributed by atoms with E-state index in [1.54, 1.807) is 7.11 Å². The van der Waals surface area contributed by atoms with E-state index in [9.17, 15) is 0 Å². The fourth-order valence-electron chi connectivity index (χ4n) is 2.92. The van der Waals surface area contributed by atoms with E-state index >= 15 is 0 Å². The molecule has 1 atom stereocenters. The molecule has 1 aliphatic rings. The Morgan fingerprint density at radius 3 is 2.76 bits per heavy atom. The van der Waals surface area contributed by atoms with Crippen molar-refractivity contribution in [1.29, 1.82) is 0 Å². The third kappa shape index (κ3) is 4.44. The maximum absolute atomic E-state index is 5.97. The minimum absolute atomic E-state index is 0.132. The maximum atomic E-state index is 5.97. The van der Waals surface area contributed by atoms with Crippen LogP contribution in [0, 0.1) is 0 Å². The van der Waals surface area contributed by atoms with Crippen molar-refractivity contribution in [2.75, 3.05) is 20.2 Å². The van der Waals surface area contributed by atoms with Crippen molar-refractivity contribution < 1.29 is 9.47 Å². The Morgan fingerprint density at radius 2 is 1.96 bits per heavy atom. The van der Waals surface area contributed by atoms with E-state index in [1.165, 1.54) is 5.56 Å². The molecule has 2 N–H and O–H groups in total. The lowest BCUT2D eigenvalue weighted by molar-refractivity contribution is 0.235. The zero-order valence-corrected chi connectivity index (χ0v) is 14.8. The third-order valence-electron chi connectivity index (χ3n) is 4.16. The number of nitrogens with one attached hydrogen (secondary N) is 2. The Balaban J connectivity index is 1.58. The van der Waals surface area contributed by atoms with Gasteiger partial charge in [0.25, 0.3) is 0 Å². The van der Waals surface area contributed by atoms with Crippen molar-refractivity contribution in [1.82, 2.24) is 10.6 Å². The highest BCUT2D eigenvalue weighted by Crippen LogP contribution is 2.27. The van der Waals surface area contributed by atoms with Gasteiger partial charge in [0.1, 0.15) is 17.6 Å². The SMILES string of the molecule is CCNC(=NCc1ccccc1OC)NCC1Cc2ccccc2O1. The molecule has 1 aliphatic heterocycles. The van der Waals surface area contributed by atoms with Crippen LogP contribution >= 0.6 is 0 Å². The quantitative estimate of drug-likeness (QED) is 0.628. The standard InChI is InChI=1S/C20H25N3O2/c1-3-21-20(22-13-16-9-5-6-10-18(16)24-2)23-14-17-12-15-8-4-7-11-19(15)25-17/h4-11,17H,3,12-14H2,1-2H3,(H2,21,22,23). The number of rotatable bonds is 6. The lowest BCUT2D eigenvalue weighted by Gasteiger charge is -2.15. The molecular weight excluding hydrogens is 314 g/mol. The van der Waals surface area contributed by atoms with Crippen LogP contribution in [-0.4, -0.2) is 32.3 Å². The molecule has 0 aliphatic carbocycles. The molecular formula is C20H25N3O2. The Kier molecular flexibility index (Phi) is 5.77. The summed E-state index contributed by atoms with van der Waals surface area (Å²) in [6, 6.07) is 16.1. The number of hydrogen-bond donors (Lipinski definition) is 2. The molecule has 0 bridgehead atoms. The van der Waals surface area contributed by atoms with Gasteiger partial charge in [0.2, 0.25) is 0 Å². The van der Waals surface area contributed by atoms with Crippen LogP contribution in [0.2, 0.25) is 0 Å². The highest BCUT2D eigenvalue weighted by Gasteiger charge is 2.22. The van der Waals surface area contributed by atoms with Crippen LogP contribution in [0.15, 0.2) is 53.5 Å². The summed E-state index contributed by atoms with van der Waals surface area (Å²) in [5.41, 5.74) is 2.33. The van der Waals surface area contributed by atoms with E-state index in [2.05, 4.69) is 34.7 Å². The summed E-state index contributed by atoms with van der Waals surface area (Å²) in [4.78, 5) is 4.66. The van der Waals surface area contributed by atoms with Gasteiger partial charge in [-0.05, 0) is 24.6 Å². The maximum Gasteiger partial charge on any atom is 0.191 e. The minimum atomic E-state index is 0.132.